The Labute approximate surface area is 185 Å². The third-order valence-corrected chi connectivity index (χ3v) is 6.27. The van der Waals surface area contributed by atoms with Gasteiger partial charge in [-0.05, 0) is 38.3 Å². The van der Waals surface area contributed by atoms with Crippen LogP contribution in [0.4, 0.5) is 10.2 Å². The van der Waals surface area contributed by atoms with E-state index in [1.54, 1.807) is 6.07 Å². The lowest BCUT2D eigenvalue weighted by molar-refractivity contribution is -0.136. The number of hydrogen-bond acceptors (Lipinski definition) is 4. The third-order valence-electron chi connectivity index (χ3n) is 6.27. The molecule has 3 rings (SSSR count). The van der Waals surface area contributed by atoms with Crippen LogP contribution in [0.1, 0.15) is 57.7 Å². The molecule has 168 valence electrons. The number of benzene rings is 1. The highest BCUT2D eigenvalue weighted by molar-refractivity contribution is 5.79. The zero-order valence-electron chi connectivity index (χ0n) is 19.3. The number of aromatic nitrogens is 2. The fourth-order valence-corrected chi connectivity index (χ4v) is 4.36. The molecular weight excluding hydrogens is 391 g/mol. The molecule has 0 bridgehead atoms. The SMILES string of the molecule is CCCC[C@H](CC)C(=O)N1CCN(c2nc(-c3cccc(F)c3)nc(C)c2CC)CC1. The molecule has 0 unspecified atom stereocenters. The van der Waals surface area contributed by atoms with Crippen molar-refractivity contribution >= 4 is 11.7 Å². The molecule has 1 saturated heterocycles. The highest BCUT2D eigenvalue weighted by atomic mass is 19.1. The maximum atomic E-state index is 13.7. The van der Waals surface area contributed by atoms with Crippen LogP contribution in [0.15, 0.2) is 24.3 Å². The number of amides is 1. The maximum Gasteiger partial charge on any atom is 0.225 e. The molecule has 1 amide bonds. The molecule has 1 aliphatic rings. The first-order chi connectivity index (χ1) is 15.0. The minimum Gasteiger partial charge on any atom is -0.353 e. The highest BCUT2D eigenvalue weighted by Gasteiger charge is 2.28. The van der Waals surface area contributed by atoms with Crippen molar-refractivity contribution in [3.63, 3.8) is 0 Å². The summed E-state index contributed by atoms with van der Waals surface area (Å²) >= 11 is 0. The van der Waals surface area contributed by atoms with Gasteiger partial charge in [0.1, 0.15) is 11.6 Å². The van der Waals surface area contributed by atoms with Crippen LogP contribution < -0.4 is 4.90 Å². The van der Waals surface area contributed by atoms with E-state index in [9.17, 15) is 9.18 Å². The van der Waals surface area contributed by atoms with Crippen molar-refractivity contribution in [1.82, 2.24) is 14.9 Å². The second-order valence-electron chi connectivity index (χ2n) is 8.36. The van der Waals surface area contributed by atoms with Gasteiger partial charge < -0.3 is 9.80 Å². The summed E-state index contributed by atoms with van der Waals surface area (Å²) in [5.41, 5.74) is 2.73. The van der Waals surface area contributed by atoms with Crippen LogP contribution in [-0.2, 0) is 11.2 Å². The number of halogens is 1. The Morgan fingerprint density at radius 1 is 1.13 bits per heavy atom. The number of unbranched alkanes of at least 4 members (excludes halogenated alkanes) is 1. The van der Waals surface area contributed by atoms with Crippen molar-refractivity contribution in [3.05, 3.63) is 41.3 Å². The number of rotatable bonds is 8. The largest absolute Gasteiger partial charge is 0.353 e. The summed E-state index contributed by atoms with van der Waals surface area (Å²) in [4.78, 5) is 26.7. The molecular formula is C25H35FN4O. The Hall–Kier alpha value is -2.50. The van der Waals surface area contributed by atoms with E-state index in [-0.39, 0.29) is 11.7 Å². The molecule has 31 heavy (non-hydrogen) atoms. The molecule has 6 heteroatoms. The van der Waals surface area contributed by atoms with Gasteiger partial charge in [0.2, 0.25) is 5.91 Å². The second kappa shape index (κ2) is 10.7. The molecule has 0 N–H and O–H groups in total. The van der Waals surface area contributed by atoms with Gasteiger partial charge in [0, 0.05) is 48.9 Å². The summed E-state index contributed by atoms with van der Waals surface area (Å²) < 4.78 is 13.7. The Morgan fingerprint density at radius 2 is 1.87 bits per heavy atom. The molecule has 2 aromatic rings. The molecule has 5 nitrogen and oxygen atoms in total. The van der Waals surface area contributed by atoms with Gasteiger partial charge in [-0.15, -0.1) is 0 Å². The molecule has 0 aliphatic carbocycles. The summed E-state index contributed by atoms with van der Waals surface area (Å²) in [7, 11) is 0. The fourth-order valence-electron chi connectivity index (χ4n) is 4.36. The van der Waals surface area contributed by atoms with Gasteiger partial charge in [-0.2, -0.15) is 0 Å². The van der Waals surface area contributed by atoms with Crippen LogP contribution in [0.5, 0.6) is 0 Å². The predicted octanol–water partition coefficient (Wildman–Crippen LogP) is 5.02. The van der Waals surface area contributed by atoms with Crippen LogP contribution in [0.3, 0.4) is 0 Å². The van der Waals surface area contributed by atoms with Crippen molar-refractivity contribution < 1.29 is 9.18 Å². The summed E-state index contributed by atoms with van der Waals surface area (Å²) in [6.07, 6.45) is 4.94. The van der Waals surface area contributed by atoms with E-state index >= 15 is 0 Å². The molecule has 1 fully saturated rings. The number of nitrogens with zero attached hydrogens (tertiary/aromatic N) is 4. The molecule has 2 heterocycles. The summed E-state index contributed by atoms with van der Waals surface area (Å²) in [5.74, 6) is 1.61. The van der Waals surface area contributed by atoms with Crippen molar-refractivity contribution in [2.75, 3.05) is 31.1 Å². The molecule has 0 radical (unpaired) electrons. The van der Waals surface area contributed by atoms with Gasteiger partial charge in [0.05, 0.1) is 0 Å². The second-order valence-corrected chi connectivity index (χ2v) is 8.36. The van der Waals surface area contributed by atoms with Gasteiger partial charge >= 0.3 is 0 Å². The average Bonchev–Trinajstić information content (AvgIpc) is 2.79. The van der Waals surface area contributed by atoms with Crippen LogP contribution in [0.2, 0.25) is 0 Å². The number of carbonyl (C=O) groups excluding carboxylic acids is 1. The Balaban J connectivity index is 1.78. The summed E-state index contributed by atoms with van der Waals surface area (Å²) in [6, 6.07) is 6.43. The van der Waals surface area contributed by atoms with Gasteiger partial charge in [0.15, 0.2) is 5.82 Å². The lowest BCUT2D eigenvalue weighted by atomic mass is 9.97. The predicted molar refractivity (Wildman–Crippen MR) is 124 cm³/mol. The lowest BCUT2D eigenvalue weighted by Gasteiger charge is -2.38. The first-order valence-electron chi connectivity index (χ1n) is 11.7. The molecule has 1 aliphatic heterocycles. The quantitative estimate of drug-likeness (QED) is 0.595. The summed E-state index contributed by atoms with van der Waals surface area (Å²) in [5, 5.41) is 0. The standard InChI is InChI=1S/C25H35FN4O/c1-5-8-10-19(6-2)25(31)30-15-13-29(14-16-30)24-22(7-3)18(4)27-23(28-24)20-11-9-12-21(26)17-20/h9,11-12,17,19H,5-8,10,13-16H2,1-4H3/t19-/m0/s1. The van der Waals surface area contributed by atoms with Crippen LogP contribution in [-0.4, -0.2) is 47.0 Å². The van der Waals surface area contributed by atoms with Gasteiger partial charge in [-0.25, -0.2) is 14.4 Å². The maximum absolute atomic E-state index is 13.7. The highest BCUT2D eigenvalue weighted by Crippen LogP contribution is 2.27. The Bertz CT molecular complexity index is 893. The van der Waals surface area contributed by atoms with E-state index in [4.69, 9.17) is 4.98 Å². The average molecular weight is 427 g/mol. The normalized spacial score (nSPS) is 15.3. The van der Waals surface area contributed by atoms with Gasteiger partial charge in [-0.1, -0.05) is 45.7 Å². The van der Waals surface area contributed by atoms with E-state index in [1.165, 1.54) is 12.1 Å². The van der Waals surface area contributed by atoms with E-state index in [2.05, 4.69) is 30.7 Å². The van der Waals surface area contributed by atoms with E-state index in [0.29, 0.717) is 30.4 Å². The Morgan fingerprint density at radius 3 is 2.48 bits per heavy atom. The van der Waals surface area contributed by atoms with Gasteiger partial charge in [-0.3, -0.25) is 4.79 Å². The van der Waals surface area contributed by atoms with Crippen LogP contribution in [0, 0.1) is 18.7 Å². The van der Waals surface area contributed by atoms with Crippen LogP contribution in [0.25, 0.3) is 11.4 Å². The third kappa shape index (κ3) is 5.41. The Kier molecular flexibility index (Phi) is 7.99. The van der Waals surface area contributed by atoms with Crippen molar-refractivity contribution in [3.8, 4) is 11.4 Å². The van der Waals surface area contributed by atoms with Crippen molar-refractivity contribution in [2.24, 2.45) is 5.92 Å². The van der Waals surface area contributed by atoms with Crippen molar-refractivity contribution in [1.29, 1.82) is 0 Å². The van der Waals surface area contributed by atoms with Crippen molar-refractivity contribution in [2.45, 2.75) is 59.8 Å². The lowest BCUT2D eigenvalue weighted by Crippen LogP contribution is -2.51. The fraction of sp³-hybridized carbons (Fsp3) is 0.560. The van der Waals surface area contributed by atoms with Crippen LogP contribution >= 0.6 is 0 Å². The zero-order valence-corrected chi connectivity index (χ0v) is 19.3. The molecule has 1 atom stereocenters. The van der Waals surface area contributed by atoms with Gasteiger partial charge in [0.25, 0.3) is 0 Å². The molecule has 0 spiro atoms. The topological polar surface area (TPSA) is 49.3 Å². The molecule has 1 aromatic heterocycles. The number of hydrogen-bond donors (Lipinski definition) is 0. The zero-order chi connectivity index (χ0) is 22.4. The molecule has 0 saturated carbocycles. The summed E-state index contributed by atoms with van der Waals surface area (Å²) in [6.45, 7) is 11.3. The van der Waals surface area contributed by atoms with E-state index in [1.807, 2.05) is 17.9 Å². The first kappa shape index (κ1) is 23.2. The number of piperazine rings is 1. The molecule has 1 aromatic carbocycles. The first-order valence-corrected chi connectivity index (χ1v) is 11.7. The van der Waals surface area contributed by atoms with E-state index < -0.39 is 0 Å². The smallest absolute Gasteiger partial charge is 0.225 e. The monoisotopic (exact) mass is 426 g/mol. The minimum absolute atomic E-state index is 0.138. The van der Waals surface area contributed by atoms with E-state index in [0.717, 1.165) is 62.3 Å². The minimum atomic E-state index is -0.291. The number of anilines is 1. The number of aryl methyl sites for hydroxylation is 1. The number of carbonyl (C=O) groups is 1.